The normalized spacial score (nSPS) is 14.7. The van der Waals surface area contributed by atoms with Crippen molar-refractivity contribution in [2.75, 3.05) is 39.3 Å². The molecule has 1 heterocycles. The zero-order valence-electron chi connectivity index (χ0n) is 14.8. The van der Waals surface area contributed by atoms with Gasteiger partial charge in [0.2, 0.25) is 0 Å². The maximum atomic E-state index is 12.1. The van der Waals surface area contributed by atoms with E-state index >= 15 is 0 Å². The molecule has 0 spiro atoms. The third kappa shape index (κ3) is 4.61. The van der Waals surface area contributed by atoms with E-state index in [0.717, 1.165) is 36.5 Å². The number of benzene rings is 1. The lowest BCUT2D eigenvalue weighted by atomic mass is 10.1. The van der Waals surface area contributed by atoms with Gasteiger partial charge in [-0.25, -0.2) is 4.79 Å². The molecule has 2 amide bonds. The van der Waals surface area contributed by atoms with Crippen molar-refractivity contribution in [3.05, 3.63) is 29.3 Å². The summed E-state index contributed by atoms with van der Waals surface area (Å²) in [5.74, 6) is 0.957. The van der Waals surface area contributed by atoms with E-state index in [-0.39, 0.29) is 12.1 Å². The second kappa shape index (κ2) is 8.20. The molecule has 2 rings (SSSR count). The molecule has 23 heavy (non-hydrogen) atoms. The highest BCUT2D eigenvalue weighted by atomic mass is 16.5. The van der Waals surface area contributed by atoms with Gasteiger partial charge in [0.1, 0.15) is 11.9 Å². The Labute approximate surface area is 139 Å². The van der Waals surface area contributed by atoms with Gasteiger partial charge in [0.15, 0.2) is 0 Å². The van der Waals surface area contributed by atoms with E-state index in [1.54, 1.807) is 4.90 Å². The van der Waals surface area contributed by atoms with E-state index in [2.05, 4.69) is 50.0 Å². The molecule has 1 aliphatic heterocycles. The van der Waals surface area contributed by atoms with Gasteiger partial charge >= 0.3 is 6.03 Å². The first-order valence-electron chi connectivity index (χ1n) is 8.53. The second-order valence-corrected chi connectivity index (χ2v) is 6.12. The molecule has 1 aromatic carbocycles. The number of likely N-dealkylation sites (N-methyl/N-ethyl adjacent to an activating group) is 1. The van der Waals surface area contributed by atoms with Crippen LogP contribution in [0.15, 0.2) is 18.2 Å². The number of ether oxygens (including phenoxy) is 1. The van der Waals surface area contributed by atoms with Crippen molar-refractivity contribution in [2.24, 2.45) is 0 Å². The Morgan fingerprint density at radius 1 is 1.26 bits per heavy atom. The lowest BCUT2D eigenvalue weighted by Crippen LogP contribution is -2.59. The van der Waals surface area contributed by atoms with E-state index < -0.39 is 0 Å². The summed E-state index contributed by atoms with van der Waals surface area (Å²) in [4.78, 5) is 16.2. The van der Waals surface area contributed by atoms with E-state index in [9.17, 15) is 4.79 Å². The number of rotatable bonds is 7. The van der Waals surface area contributed by atoms with Gasteiger partial charge in [-0.05, 0) is 38.1 Å². The fourth-order valence-corrected chi connectivity index (χ4v) is 2.80. The van der Waals surface area contributed by atoms with Gasteiger partial charge in [0.05, 0.1) is 13.1 Å². The molecule has 0 aromatic heterocycles. The highest BCUT2D eigenvalue weighted by Crippen LogP contribution is 2.25. The molecule has 1 aromatic rings. The fourth-order valence-electron chi connectivity index (χ4n) is 2.80. The zero-order chi connectivity index (χ0) is 16.8. The van der Waals surface area contributed by atoms with Gasteiger partial charge in [0, 0.05) is 13.1 Å². The van der Waals surface area contributed by atoms with Crippen LogP contribution in [0.25, 0.3) is 0 Å². The molecule has 1 aliphatic rings. The molecule has 0 atom stereocenters. The van der Waals surface area contributed by atoms with Crippen LogP contribution >= 0.6 is 0 Å². The first kappa shape index (κ1) is 17.6. The Balaban J connectivity index is 1.71. The molecule has 1 N–H and O–H groups in total. The summed E-state index contributed by atoms with van der Waals surface area (Å²) in [5, 5.41) is 2.98. The highest BCUT2D eigenvalue weighted by molar-refractivity contribution is 5.75. The summed E-state index contributed by atoms with van der Waals surface area (Å²) in [6.45, 7) is 13.3. The summed E-state index contributed by atoms with van der Waals surface area (Å²) in [7, 11) is 0. The van der Waals surface area contributed by atoms with E-state index in [1.165, 1.54) is 0 Å². The van der Waals surface area contributed by atoms with Gasteiger partial charge in [0.25, 0.3) is 0 Å². The van der Waals surface area contributed by atoms with Gasteiger partial charge in [-0.15, -0.1) is 0 Å². The van der Waals surface area contributed by atoms with Crippen molar-refractivity contribution in [2.45, 2.75) is 33.8 Å². The van der Waals surface area contributed by atoms with E-state index in [4.69, 9.17) is 4.74 Å². The van der Waals surface area contributed by atoms with Crippen molar-refractivity contribution in [1.29, 1.82) is 0 Å². The fraction of sp³-hybridized carbons (Fsp3) is 0.611. The Morgan fingerprint density at radius 3 is 2.43 bits per heavy atom. The maximum Gasteiger partial charge on any atom is 0.317 e. The van der Waals surface area contributed by atoms with Crippen molar-refractivity contribution in [3.8, 4) is 5.75 Å². The third-order valence-electron chi connectivity index (χ3n) is 4.43. The molecule has 5 nitrogen and oxygen atoms in total. The average Bonchev–Trinajstić information content (AvgIpc) is 2.49. The second-order valence-electron chi connectivity index (χ2n) is 6.12. The van der Waals surface area contributed by atoms with Gasteiger partial charge in [-0.2, -0.15) is 0 Å². The molecule has 0 radical (unpaired) electrons. The monoisotopic (exact) mass is 319 g/mol. The number of carbonyl (C=O) groups is 1. The number of para-hydroxylation sites is 1. The number of carbonyl (C=O) groups excluding carboxylic acids is 1. The lowest BCUT2D eigenvalue weighted by molar-refractivity contribution is 0.0434. The minimum absolute atomic E-state index is 0.0125. The Kier molecular flexibility index (Phi) is 6.28. The molecule has 0 bridgehead atoms. The average molecular weight is 319 g/mol. The summed E-state index contributed by atoms with van der Waals surface area (Å²) in [6, 6.07) is 6.16. The first-order valence-corrected chi connectivity index (χ1v) is 8.53. The van der Waals surface area contributed by atoms with Crippen LogP contribution in [0.1, 0.15) is 25.0 Å². The predicted octanol–water partition coefficient (Wildman–Crippen LogP) is 2.42. The topological polar surface area (TPSA) is 44.8 Å². The standard InChI is InChI=1S/C18H29N3O2/c1-5-20(6-2)11-10-19-18(22)21-12-16(13-21)23-17-14(3)8-7-9-15(17)4/h7-9,16H,5-6,10-13H2,1-4H3,(H,19,22). The van der Waals surface area contributed by atoms with Gasteiger partial charge in [-0.1, -0.05) is 32.0 Å². The van der Waals surface area contributed by atoms with Crippen LogP contribution in [0.4, 0.5) is 4.79 Å². The maximum absolute atomic E-state index is 12.1. The van der Waals surface area contributed by atoms with Crippen molar-refractivity contribution < 1.29 is 9.53 Å². The van der Waals surface area contributed by atoms with E-state index in [1.807, 2.05) is 6.07 Å². The van der Waals surface area contributed by atoms with Crippen molar-refractivity contribution >= 4 is 6.03 Å². The van der Waals surface area contributed by atoms with Gasteiger partial charge < -0.3 is 19.9 Å². The molecule has 5 heteroatoms. The Morgan fingerprint density at radius 2 is 1.87 bits per heavy atom. The van der Waals surface area contributed by atoms with Crippen LogP contribution in [-0.2, 0) is 0 Å². The molecular weight excluding hydrogens is 290 g/mol. The SMILES string of the molecule is CCN(CC)CCNC(=O)N1CC(Oc2c(C)cccc2C)C1. The van der Waals surface area contributed by atoms with Gasteiger partial charge in [-0.3, -0.25) is 0 Å². The first-order chi connectivity index (χ1) is 11.0. The number of hydrogen-bond acceptors (Lipinski definition) is 3. The summed E-state index contributed by atoms with van der Waals surface area (Å²) in [6.07, 6.45) is 0.100. The smallest absolute Gasteiger partial charge is 0.317 e. The van der Waals surface area contributed by atoms with Crippen LogP contribution in [0, 0.1) is 13.8 Å². The van der Waals surface area contributed by atoms with Crippen LogP contribution in [0.2, 0.25) is 0 Å². The highest BCUT2D eigenvalue weighted by Gasteiger charge is 2.32. The molecular formula is C18H29N3O2. The minimum atomic E-state index is 0.0125. The number of nitrogens with zero attached hydrogens (tertiary/aromatic N) is 2. The number of likely N-dealkylation sites (tertiary alicyclic amines) is 1. The molecule has 0 aliphatic carbocycles. The van der Waals surface area contributed by atoms with Crippen molar-refractivity contribution in [3.63, 3.8) is 0 Å². The summed E-state index contributed by atoms with van der Waals surface area (Å²) < 4.78 is 6.04. The van der Waals surface area contributed by atoms with E-state index in [0.29, 0.717) is 19.6 Å². The number of aryl methyl sites for hydroxylation is 2. The quantitative estimate of drug-likeness (QED) is 0.839. The summed E-state index contributed by atoms with van der Waals surface area (Å²) >= 11 is 0. The Bertz CT molecular complexity index is 503. The Hall–Kier alpha value is -1.75. The van der Waals surface area contributed by atoms with Crippen molar-refractivity contribution in [1.82, 2.24) is 15.1 Å². The molecule has 1 saturated heterocycles. The summed E-state index contributed by atoms with van der Waals surface area (Å²) in [5.41, 5.74) is 2.29. The number of nitrogens with one attached hydrogen (secondary N) is 1. The van der Waals surface area contributed by atoms with Crippen LogP contribution < -0.4 is 10.1 Å². The largest absolute Gasteiger partial charge is 0.486 e. The minimum Gasteiger partial charge on any atom is -0.486 e. The molecule has 0 saturated carbocycles. The molecule has 128 valence electrons. The lowest BCUT2D eigenvalue weighted by Gasteiger charge is -2.39. The number of amides is 2. The number of hydrogen-bond donors (Lipinski definition) is 1. The zero-order valence-corrected chi connectivity index (χ0v) is 14.8. The van der Waals surface area contributed by atoms with Crippen LogP contribution in [0.5, 0.6) is 5.75 Å². The predicted molar refractivity (Wildman–Crippen MR) is 93.1 cm³/mol. The van der Waals surface area contributed by atoms with Crippen LogP contribution in [-0.4, -0.2) is 61.2 Å². The molecule has 1 fully saturated rings. The van der Waals surface area contributed by atoms with Crippen LogP contribution in [0.3, 0.4) is 0 Å². The molecule has 0 unspecified atom stereocenters. The number of urea groups is 1. The third-order valence-corrected chi connectivity index (χ3v) is 4.43.